The van der Waals surface area contributed by atoms with Crippen LogP contribution in [0.15, 0.2) is 12.4 Å². The summed E-state index contributed by atoms with van der Waals surface area (Å²) in [5, 5.41) is 3.34. The molecular weight excluding hydrogens is 198 g/mol. The number of nitrogens with zero attached hydrogens (tertiary/aromatic N) is 2. The summed E-state index contributed by atoms with van der Waals surface area (Å²) < 4.78 is 0. The maximum absolute atomic E-state index is 4.20. The van der Waals surface area contributed by atoms with E-state index < -0.39 is 0 Å². The zero-order chi connectivity index (χ0) is 11.8. The van der Waals surface area contributed by atoms with Gasteiger partial charge in [-0.3, -0.25) is 0 Å². The molecule has 0 atom stereocenters. The summed E-state index contributed by atoms with van der Waals surface area (Å²) in [5.41, 5.74) is 1.10. The second kappa shape index (κ2) is 7.20. The van der Waals surface area contributed by atoms with E-state index in [9.17, 15) is 0 Å². The van der Waals surface area contributed by atoms with Crippen LogP contribution < -0.4 is 5.32 Å². The van der Waals surface area contributed by atoms with E-state index in [4.69, 9.17) is 0 Å². The molecule has 1 aromatic heterocycles. The third-order valence-electron chi connectivity index (χ3n) is 2.60. The van der Waals surface area contributed by atoms with E-state index in [2.05, 4.69) is 36.1 Å². The highest BCUT2D eigenvalue weighted by Crippen LogP contribution is 2.08. The molecule has 0 saturated carbocycles. The summed E-state index contributed by atoms with van der Waals surface area (Å²) in [6, 6.07) is 2.03. The van der Waals surface area contributed by atoms with Gasteiger partial charge in [0.05, 0.1) is 0 Å². The monoisotopic (exact) mass is 221 g/mol. The van der Waals surface area contributed by atoms with Crippen molar-refractivity contribution in [2.24, 2.45) is 5.92 Å². The van der Waals surface area contributed by atoms with Crippen molar-refractivity contribution in [1.82, 2.24) is 9.97 Å². The van der Waals surface area contributed by atoms with Gasteiger partial charge in [0.2, 0.25) is 0 Å². The van der Waals surface area contributed by atoms with Crippen LogP contribution >= 0.6 is 0 Å². The molecule has 0 spiro atoms. The van der Waals surface area contributed by atoms with E-state index in [1.807, 2.05) is 6.07 Å². The molecule has 0 aliphatic heterocycles. The van der Waals surface area contributed by atoms with E-state index in [0.717, 1.165) is 30.4 Å². The van der Waals surface area contributed by atoms with Gasteiger partial charge in [-0.15, -0.1) is 0 Å². The zero-order valence-electron chi connectivity index (χ0n) is 10.7. The Morgan fingerprint density at radius 2 is 2.06 bits per heavy atom. The van der Waals surface area contributed by atoms with E-state index in [0.29, 0.717) is 0 Å². The van der Waals surface area contributed by atoms with E-state index in [-0.39, 0.29) is 0 Å². The van der Waals surface area contributed by atoms with Crippen LogP contribution in [0.1, 0.15) is 45.7 Å². The van der Waals surface area contributed by atoms with Gasteiger partial charge in [-0.1, -0.05) is 33.6 Å². The van der Waals surface area contributed by atoms with Crippen LogP contribution in [0.25, 0.3) is 0 Å². The normalized spacial score (nSPS) is 10.8. The van der Waals surface area contributed by atoms with Crippen molar-refractivity contribution in [2.75, 3.05) is 11.9 Å². The fourth-order valence-corrected chi connectivity index (χ4v) is 1.58. The molecule has 0 unspecified atom stereocenters. The van der Waals surface area contributed by atoms with Gasteiger partial charge in [0.15, 0.2) is 0 Å². The van der Waals surface area contributed by atoms with Crippen molar-refractivity contribution in [2.45, 2.75) is 46.5 Å². The van der Waals surface area contributed by atoms with Crippen molar-refractivity contribution in [3.05, 3.63) is 18.1 Å². The lowest BCUT2D eigenvalue weighted by Crippen LogP contribution is -2.04. The molecule has 0 aliphatic rings. The average molecular weight is 221 g/mol. The van der Waals surface area contributed by atoms with Crippen LogP contribution in [0, 0.1) is 5.92 Å². The average Bonchev–Trinajstić information content (AvgIpc) is 2.28. The Labute approximate surface area is 98.7 Å². The third-order valence-corrected chi connectivity index (χ3v) is 2.60. The van der Waals surface area contributed by atoms with Gasteiger partial charge in [0.25, 0.3) is 0 Å². The van der Waals surface area contributed by atoms with E-state index in [1.54, 1.807) is 6.33 Å². The van der Waals surface area contributed by atoms with Crippen LogP contribution in [0.5, 0.6) is 0 Å². The van der Waals surface area contributed by atoms with Gasteiger partial charge >= 0.3 is 0 Å². The fraction of sp³-hybridized carbons (Fsp3) is 0.692. The van der Waals surface area contributed by atoms with Crippen molar-refractivity contribution in [3.63, 3.8) is 0 Å². The molecule has 1 rings (SSSR count). The Kier molecular flexibility index (Phi) is 5.83. The number of rotatable bonds is 7. The van der Waals surface area contributed by atoms with Crippen molar-refractivity contribution >= 4 is 5.82 Å². The molecule has 0 aliphatic carbocycles. The molecule has 16 heavy (non-hydrogen) atoms. The highest BCUT2D eigenvalue weighted by Gasteiger charge is 1.97. The molecule has 3 heteroatoms. The molecule has 0 saturated heterocycles. The topological polar surface area (TPSA) is 37.8 Å². The van der Waals surface area contributed by atoms with Gasteiger partial charge in [0, 0.05) is 18.3 Å². The largest absolute Gasteiger partial charge is 0.370 e. The molecule has 0 radical (unpaired) electrons. The fourth-order valence-electron chi connectivity index (χ4n) is 1.58. The molecule has 90 valence electrons. The van der Waals surface area contributed by atoms with Crippen LogP contribution in [0.4, 0.5) is 5.82 Å². The van der Waals surface area contributed by atoms with Crippen LogP contribution in [-0.2, 0) is 6.42 Å². The summed E-state index contributed by atoms with van der Waals surface area (Å²) in [5.74, 6) is 1.77. The minimum absolute atomic E-state index is 0.811. The number of anilines is 1. The first-order valence-corrected chi connectivity index (χ1v) is 6.27. The number of aromatic nitrogens is 2. The van der Waals surface area contributed by atoms with Gasteiger partial charge < -0.3 is 5.32 Å². The Morgan fingerprint density at radius 3 is 2.75 bits per heavy atom. The molecule has 0 fully saturated rings. The zero-order valence-corrected chi connectivity index (χ0v) is 10.7. The lowest BCUT2D eigenvalue weighted by molar-refractivity contribution is 0.544. The molecule has 1 N–H and O–H groups in total. The van der Waals surface area contributed by atoms with E-state index >= 15 is 0 Å². The second-order valence-electron chi connectivity index (χ2n) is 4.56. The maximum atomic E-state index is 4.20. The highest BCUT2D eigenvalue weighted by atomic mass is 15.0. The summed E-state index contributed by atoms with van der Waals surface area (Å²) in [6.07, 6.45) is 6.41. The third kappa shape index (κ3) is 5.10. The Bertz CT molecular complexity index is 297. The molecule has 1 aromatic rings. The summed E-state index contributed by atoms with van der Waals surface area (Å²) >= 11 is 0. The van der Waals surface area contributed by atoms with Crippen molar-refractivity contribution < 1.29 is 0 Å². The second-order valence-corrected chi connectivity index (χ2v) is 4.56. The number of unbranched alkanes of at least 4 members (excludes halogenated alkanes) is 1. The predicted octanol–water partition coefficient (Wildman–Crippen LogP) is 3.28. The minimum Gasteiger partial charge on any atom is -0.370 e. The molecule has 0 amide bonds. The standard InChI is InChI=1S/C13H23N3/c1-4-12-9-13(16-10-15-12)14-8-6-5-7-11(2)3/h9-11H,4-8H2,1-3H3,(H,14,15,16). The van der Waals surface area contributed by atoms with Crippen LogP contribution in [0.3, 0.4) is 0 Å². The Morgan fingerprint density at radius 1 is 1.25 bits per heavy atom. The molecular formula is C13H23N3. The molecule has 0 bridgehead atoms. The lowest BCUT2D eigenvalue weighted by atomic mass is 10.1. The van der Waals surface area contributed by atoms with Crippen LogP contribution in [-0.4, -0.2) is 16.5 Å². The number of hydrogen-bond donors (Lipinski definition) is 1. The smallest absolute Gasteiger partial charge is 0.129 e. The summed E-state index contributed by atoms with van der Waals surface area (Å²) in [4.78, 5) is 8.37. The van der Waals surface area contributed by atoms with Crippen LogP contribution in [0.2, 0.25) is 0 Å². The highest BCUT2D eigenvalue weighted by molar-refractivity contribution is 5.34. The van der Waals surface area contributed by atoms with E-state index in [1.165, 1.54) is 19.3 Å². The first-order chi connectivity index (χ1) is 7.72. The van der Waals surface area contributed by atoms with Gasteiger partial charge in [-0.2, -0.15) is 0 Å². The van der Waals surface area contributed by atoms with Crippen molar-refractivity contribution in [1.29, 1.82) is 0 Å². The SMILES string of the molecule is CCc1cc(NCCCCC(C)C)ncn1. The molecule has 1 heterocycles. The first kappa shape index (κ1) is 12.9. The quantitative estimate of drug-likeness (QED) is 0.718. The molecule has 3 nitrogen and oxygen atoms in total. The number of hydrogen-bond acceptors (Lipinski definition) is 3. The van der Waals surface area contributed by atoms with Gasteiger partial charge in [-0.25, -0.2) is 9.97 Å². The maximum Gasteiger partial charge on any atom is 0.129 e. The Hall–Kier alpha value is -1.12. The predicted molar refractivity (Wildman–Crippen MR) is 68.6 cm³/mol. The van der Waals surface area contributed by atoms with Crippen molar-refractivity contribution in [3.8, 4) is 0 Å². The number of aryl methyl sites for hydroxylation is 1. The first-order valence-electron chi connectivity index (χ1n) is 6.27. The Balaban J connectivity index is 2.21. The van der Waals surface area contributed by atoms with Gasteiger partial charge in [-0.05, 0) is 18.8 Å². The minimum atomic E-state index is 0.811. The molecule has 0 aromatic carbocycles. The summed E-state index contributed by atoms with van der Waals surface area (Å²) in [7, 11) is 0. The lowest BCUT2D eigenvalue weighted by Gasteiger charge is -2.07. The van der Waals surface area contributed by atoms with Gasteiger partial charge in [0.1, 0.15) is 12.1 Å². The number of nitrogens with one attached hydrogen (secondary N) is 1. The summed E-state index contributed by atoms with van der Waals surface area (Å²) in [6.45, 7) is 7.65.